The van der Waals surface area contributed by atoms with Gasteiger partial charge in [0.05, 0.1) is 11.8 Å². The van der Waals surface area contributed by atoms with Crippen molar-refractivity contribution >= 4 is 12.1 Å². The van der Waals surface area contributed by atoms with Gasteiger partial charge < -0.3 is 4.42 Å². The van der Waals surface area contributed by atoms with Gasteiger partial charge in [-0.2, -0.15) is 5.10 Å². The third kappa shape index (κ3) is 3.19. The second kappa shape index (κ2) is 5.66. The molecule has 1 aromatic heterocycles. The summed E-state index contributed by atoms with van der Waals surface area (Å²) in [5.74, 6) is 0.938. The molecule has 1 saturated carbocycles. The van der Waals surface area contributed by atoms with Crippen LogP contribution < -0.4 is 5.43 Å². The van der Waals surface area contributed by atoms with Crippen LogP contribution in [0.25, 0.3) is 0 Å². The summed E-state index contributed by atoms with van der Waals surface area (Å²) < 4.78 is 5.07. The Morgan fingerprint density at radius 2 is 2.24 bits per heavy atom. The molecule has 1 aliphatic carbocycles. The molecule has 1 aromatic rings. The Balaban J connectivity index is 1.83. The monoisotopic (exact) mass is 234 g/mol. The lowest BCUT2D eigenvalue weighted by atomic mass is 9.90. The lowest BCUT2D eigenvalue weighted by Gasteiger charge is -2.16. The SMILES string of the molecule is Cc1occc1C(=O)N/N=C/C1CCCCC1. The van der Waals surface area contributed by atoms with Crippen LogP contribution in [0, 0.1) is 12.8 Å². The highest BCUT2D eigenvalue weighted by atomic mass is 16.3. The number of aryl methyl sites for hydroxylation is 1. The van der Waals surface area contributed by atoms with Crippen LogP contribution >= 0.6 is 0 Å². The molecule has 1 aliphatic rings. The fraction of sp³-hybridized carbons (Fsp3) is 0.538. The standard InChI is InChI=1S/C13H18N2O2/c1-10-12(7-8-17-10)13(16)15-14-9-11-5-3-2-4-6-11/h7-9,11H,2-6H2,1H3,(H,15,16)/b14-9+. The van der Waals surface area contributed by atoms with Gasteiger partial charge in [-0.1, -0.05) is 19.3 Å². The highest BCUT2D eigenvalue weighted by molar-refractivity contribution is 5.95. The van der Waals surface area contributed by atoms with Crippen molar-refractivity contribution in [3.05, 3.63) is 23.7 Å². The molecule has 1 N–H and O–H groups in total. The van der Waals surface area contributed by atoms with E-state index in [0.717, 1.165) is 0 Å². The summed E-state index contributed by atoms with van der Waals surface area (Å²) in [6.45, 7) is 1.76. The molecule has 0 atom stereocenters. The van der Waals surface area contributed by atoms with Crippen molar-refractivity contribution in [1.29, 1.82) is 0 Å². The molecule has 1 heterocycles. The zero-order chi connectivity index (χ0) is 12.1. The van der Waals surface area contributed by atoms with Crippen LogP contribution in [0.2, 0.25) is 0 Å². The van der Waals surface area contributed by atoms with Crippen molar-refractivity contribution in [2.45, 2.75) is 39.0 Å². The van der Waals surface area contributed by atoms with Crippen molar-refractivity contribution in [2.75, 3.05) is 0 Å². The minimum absolute atomic E-state index is 0.205. The van der Waals surface area contributed by atoms with Gasteiger partial charge in [0.25, 0.3) is 5.91 Å². The normalized spacial score (nSPS) is 17.5. The lowest BCUT2D eigenvalue weighted by Crippen LogP contribution is -2.19. The number of hydrogen-bond donors (Lipinski definition) is 1. The van der Waals surface area contributed by atoms with Crippen molar-refractivity contribution in [3.8, 4) is 0 Å². The van der Waals surface area contributed by atoms with E-state index in [4.69, 9.17) is 4.42 Å². The molecule has 17 heavy (non-hydrogen) atoms. The Kier molecular flexibility index (Phi) is 3.96. The Bertz CT molecular complexity index is 403. The maximum Gasteiger partial charge on any atom is 0.274 e. The number of carbonyl (C=O) groups excluding carboxylic acids is 1. The van der Waals surface area contributed by atoms with Crippen LogP contribution in [0.1, 0.15) is 48.2 Å². The van der Waals surface area contributed by atoms with E-state index in [-0.39, 0.29) is 5.91 Å². The molecule has 0 bridgehead atoms. The number of nitrogens with zero attached hydrogens (tertiary/aromatic N) is 1. The number of furan rings is 1. The number of rotatable bonds is 3. The molecule has 0 radical (unpaired) electrons. The van der Waals surface area contributed by atoms with Crippen LogP contribution in [-0.4, -0.2) is 12.1 Å². The van der Waals surface area contributed by atoms with Crippen LogP contribution in [0.15, 0.2) is 21.8 Å². The van der Waals surface area contributed by atoms with Gasteiger partial charge in [-0.25, -0.2) is 5.43 Å². The van der Waals surface area contributed by atoms with Gasteiger partial charge in [-0.15, -0.1) is 0 Å². The fourth-order valence-corrected chi connectivity index (χ4v) is 2.17. The van der Waals surface area contributed by atoms with Crippen molar-refractivity contribution in [3.63, 3.8) is 0 Å². The molecule has 0 aromatic carbocycles. The quantitative estimate of drug-likeness (QED) is 0.645. The van der Waals surface area contributed by atoms with Gasteiger partial charge in [-0.05, 0) is 31.7 Å². The average molecular weight is 234 g/mol. The highest BCUT2D eigenvalue weighted by Crippen LogP contribution is 2.21. The van der Waals surface area contributed by atoms with Gasteiger partial charge in [0.2, 0.25) is 0 Å². The molecule has 0 unspecified atom stereocenters. The summed E-state index contributed by atoms with van der Waals surface area (Å²) >= 11 is 0. The third-order valence-corrected chi connectivity index (χ3v) is 3.20. The summed E-state index contributed by atoms with van der Waals surface area (Å²) in [5, 5.41) is 4.03. The molecule has 0 saturated heterocycles. The molecular weight excluding hydrogens is 216 g/mol. The smallest absolute Gasteiger partial charge is 0.274 e. The van der Waals surface area contributed by atoms with E-state index in [0.29, 0.717) is 17.2 Å². The molecule has 2 rings (SSSR count). The first kappa shape index (κ1) is 11.9. The van der Waals surface area contributed by atoms with E-state index < -0.39 is 0 Å². The van der Waals surface area contributed by atoms with Gasteiger partial charge in [0.15, 0.2) is 0 Å². The number of amides is 1. The minimum atomic E-state index is -0.205. The molecule has 4 heteroatoms. The molecule has 92 valence electrons. The summed E-state index contributed by atoms with van der Waals surface area (Å²) in [6.07, 6.45) is 9.61. The molecule has 0 spiro atoms. The summed E-state index contributed by atoms with van der Waals surface area (Å²) in [4.78, 5) is 11.7. The summed E-state index contributed by atoms with van der Waals surface area (Å²) in [6, 6.07) is 1.65. The Hall–Kier alpha value is -1.58. The average Bonchev–Trinajstić information content (AvgIpc) is 2.77. The highest BCUT2D eigenvalue weighted by Gasteiger charge is 2.12. The van der Waals surface area contributed by atoms with E-state index in [1.54, 1.807) is 13.0 Å². The van der Waals surface area contributed by atoms with E-state index in [2.05, 4.69) is 10.5 Å². The van der Waals surface area contributed by atoms with Gasteiger partial charge in [0.1, 0.15) is 5.76 Å². The second-order valence-electron chi connectivity index (χ2n) is 4.51. The predicted octanol–water partition coefficient (Wildman–Crippen LogP) is 2.88. The zero-order valence-corrected chi connectivity index (χ0v) is 10.1. The van der Waals surface area contributed by atoms with Crippen LogP contribution in [-0.2, 0) is 0 Å². The van der Waals surface area contributed by atoms with Crippen molar-refractivity contribution < 1.29 is 9.21 Å². The van der Waals surface area contributed by atoms with Gasteiger partial charge in [-0.3, -0.25) is 4.79 Å². The van der Waals surface area contributed by atoms with E-state index in [1.165, 1.54) is 38.4 Å². The number of hydrazone groups is 1. The van der Waals surface area contributed by atoms with Gasteiger partial charge >= 0.3 is 0 Å². The predicted molar refractivity (Wildman–Crippen MR) is 66.0 cm³/mol. The van der Waals surface area contributed by atoms with E-state index in [9.17, 15) is 4.79 Å². The fourth-order valence-electron chi connectivity index (χ4n) is 2.17. The number of nitrogens with one attached hydrogen (secondary N) is 1. The van der Waals surface area contributed by atoms with Crippen LogP contribution in [0.3, 0.4) is 0 Å². The molecule has 4 nitrogen and oxygen atoms in total. The topological polar surface area (TPSA) is 54.6 Å². The summed E-state index contributed by atoms with van der Waals surface area (Å²) in [5.41, 5.74) is 3.09. The summed E-state index contributed by atoms with van der Waals surface area (Å²) in [7, 11) is 0. The maximum absolute atomic E-state index is 11.7. The van der Waals surface area contributed by atoms with E-state index >= 15 is 0 Å². The van der Waals surface area contributed by atoms with Gasteiger partial charge in [0, 0.05) is 6.21 Å². The molecule has 1 fully saturated rings. The Morgan fingerprint density at radius 3 is 2.88 bits per heavy atom. The largest absolute Gasteiger partial charge is 0.469 e. The first-order chi connectivity index (χ1) is 8.27. The number of hydrogen-bond acceptors (Lipinski definition) is 3. The third-order valence-electron chi connectivity index (χ3n) is 3.20. The van der Waals surface area contributed by atoms with Crippen molar-refractivity contribution in [1.82, 2.24) is 5.43 Å². The second-order valence-corrected chi connectivity index (χ2v) is 4.51. The molecular formula is C13H18N2O2. The Labute approximate surface area is 101 Å². The van der Waals surface area contributed by atoms with Crippen LogP contribution in [0.5, 0.6) is 0 Å². The molecule has 0 aliphatic heterocycles. The zero-order valence-electron chi connectivity index (χ0n) is 10.1. The van der Waals surface area contributed by atoms with E-state index in [1.807, 2.05) is 6.21 Å². The number of carbonyl (C=O) groups is 1. The first-order valence-electron chi connectivity index (χ1n) is 6.15. The first-order valence-corrected chi connectivity index (χ1v) is 6.15. The Morgan fingerprint density at radius 1 is 1.47 bits per heavy atom. The van der Waals surface area contributed by atoms with Crippen LogP contribution in [0.4, 0.5) is 0 Å². The minimum Gasteiger partial charge on any atom is -0.469 e. The maximum atomic E-state index is 11.7. The lowest BCUT2D eigenvalue weighted by molar-refractivity contribution is 0.0953. The molecule has 1 amide bonds. The van der Waals surface area contributed by atoms with Crippen molar-refractivity contribution in [2.24, 2.45) is 11.0 Å².